The molecule has 0 spiro atoms. The van der Waals surface area contributed by atoms with Gasteiger partial charge in [0.25, 0.3) is 5.56 Å². The van der Waals surface area contributed by atoms with E-state index in [1.54, 1.807) is 10.6 Å². The van der Waals surface area contributed by atoms with Crippen LogP contribution in [0, 0.1) is 5.92 Å². The van der Waals surface area contributed by atoms with Crippen LogP contribution in [0.5, 0.6) is 0 Å². The van der Waals surface area contributed by atoms with Gasteiger partial charge in [0.1, 0.15) is 11.1 Å². The van der Waals surface area contributed by atoms with Crippen LogP contribution in [0.25, 0.3) is 11.3 Å². The molecule has 0 amide bonds. The highest BCUT2D eigenvalue weighted by Gasteiger charge is 2.23. The topological polar surface area (TPSA) is 84.2 Å². The number of aryl methyl sites for hydroxylation is 1. The summed E-state index contributed by atoms with van der Waals surface area (Å²) in [6.07, 6.45) is 0.650. The lowest BCUT2D eigenvalue weighted by atomic mass is 10.1. The van der Waals surface area contributed by atoms with Gasteiger partial charge in [0.2, 0.25) is 0 Å². The largest absolute Gasteiger partial charge is 0.480 e. The fourth-order valence-electron chi connectivity index (χ4n) is 3.45. The first-order valence-corrected chi connectivity index (χ1v) is 11.7. The Morgan fingerprint density at radius 1 is 1.12 bits per heavy atom. The molecule has 32 heavy (non-hydrogen) atoms. The number of thioether (sulfide) groups is 1. The predicted octanol–water partition coefficient (Wildman–Crippen LogP) is 4.79. The maximum absolute atomic E-state index is 12.8. The van der Waals surface area contributed by atoms with E-state index in [0.717, 1.165) is 22.0 Å². The van der Waals surface area contributed by atoms with Crippen molar-refractivity contribution in [3.05, 3.63) is 76.8 Å². The van der Waals surface area contributed by atoms with Crippen molar-refractivity contribution in [1.82, 2.24) is 9.55 Å². The third-order valence-corrected chi connectivity index (χ3v) is 6.72. The number of rotatable bonds is 10. The molecule has 0 aliphatic rings. The average molecular weight is 452 g/mol. The molecule has 7 heteroatoms. The summed E-state index contributed by atoms with van der Waals surface area (Å²) in [5.74, 6) is -0.0689. The summed E-state index contributed by atoms with van der Waals surface area (Å²) in [7, 11) is 0. The van der Waals surface area contributed by atoms with Crippen LogP contribution in [0.3, 0.4) is 0 Å². The average Bonchev–Trinajstić information content (AvgIpc) is 2.79. The molecule has 2 N–H and O–H groups in total. The van der Waals surface area contributed by atoms with Gasteiger partial charge in [-0.05, 0) is 18.1 Å². The first kappa shape index (κ1) is 23.6. The molecule has 1 aromatic heterocycles. The SMILES string of the molecule is CCc1nc(-c2ccccc2)cc(=O)n1CCNc1ccccc1SC(C(=O)O)C(C)C. The van der Waals surface area contributed by atoms with Crippen molar-refractivity contribution in [1.29, 1.82) is 0 Å². The predicted molar refractivity (Wildman–Crippen MR) is 130 cm³/mol. The van der Waals surface area contributed by atoms with Crippen LogP contribution < -0.4 is 10.9 Å². The summed E-state index contributed by atoms with van der Waals surface area (Å²) in [4.78, 5) is 30.0. The summed E-state index contributed by atoms with van der Waals surface area (Å²) in [6, 6.07) is 18.9. The number of anilines is 1. The number of carbonyl (C=O) groups is 1. The molecule has 2 aromatic carbocycles. The Labute approximate surface area is 192 Å². The molecule has 0 fully saturated rings. The Morgan fingerprint density at radius 2 is 1.81 bits per heavy atom. The van der Waals surface area contributed by atoms with Crippen molar-refractivity contribution in [3.8, 4) is 11.3 Å². The maximum atomic E-state index is 12.8. The van der Waals surface area contributed by atoms with Gasteiger partial charge < -0.3 is 10.4 Å². The quantitative estimate of drug-likeness (QED) is 0.431. The van der Waals surface area contributed by atoms with Crippen molar-refractivity contribution >= 4 is 23.4 Å². The fraction of sp³-hybridized carbons (Fsp3) is 0.320. The van der Waals surface area contributed by atoms with Crippen LogP contribution in [0.1, 0.15) is 26.6 Å². The molecule has 0 bridgehead atoms. The highest BCUT2D eigenvalue weighted by molar-refractivity contribution is 8.00. The third-order valence-electron chi connectivity index (χ3n) is 5.11. The van der Waals surface area contributed by atoms with E-state index in [1.807, 2.05) is 75.4 Å². The lowest BCUT2D eigenvalue weighted by Crippen LogP contribution is -2.28. The lowest BCUT2D eigenvalue weighted by Gasteiger charge is -2.19. The summed E-state index contributed by atoms with van der Waals surface area (Å²) in [5.41, 5.74) is 2.40. The van der Waals surface area contributed by atoms with Gasteiger partial charge in [-0.1, -0.05) is 63.2 Å². The molecule has 168 valence electrons. The van der Waals surface area contributed by atoms with Gasteiger partial charge in [0, 0.05) is 41.7 Å². The minimum atomic E-state index is -0.816. The zero-order valence-electron chi connectivity index (χ0n) is 18.6. The Balaban J connectivity index is 1.75. The van der Waals surface area contributed by atoms with E-state index in [4.69, 9.17) is 4.98 Å². The molecular weight excluding hydrogens is 422 g/mol. The van der Waals surface area contributed by atoms with Crippen molar-refractivity contribution in [3.63, 3.8) is 0 Å². The van der Waals surface area contributed by atoms with E-state index in [2.05, 4.69) is 5.32 Å². The molecule has 1 atom stereocenters. The van der Waals surface area contributed by atoms with E-state index in [1.165, 1.54) is 11.8 Å². The van der Waals surface area contributed by atoms with E-state index < -0.39 is 11.2 Å². The van der Waals surface area contributed by atoms with Crippen LogP contribution in [0.15, 0.2) is 70.4 Å². The summed E-state index contributed by atoms with van der Waals surface area (Å²) in [6.45, 7) is 6.80. The van der Waals surface area contributed by atoms with Crippen molar-refractivity contribution in [2.24, 2.45) is 5.92 Å². The van der Waals surface area contributed by atoms with Gasteiger partial charge in [0.15, 0.2) is 0 Å². The molecular formula is C25H29N3O3S. The molecule has 0 aliphatic heterocycles. The van der Waals surface area contributed by atoms with E-state index in [-0.39, 0.29) is 11.5 Å². The summed E-state index contributed by atoms with van der Waals surface area (Å²) in [5, 5.41) is 12.4. The Morgan fingerprint density at radius 3 is 2.47 bits per heavy atom. The molecule has 3 rings (SSSR count). The highest BCUT2D eigenvalue weighted by atomic mass is 32.2. The fourth-order valence-corrected chi connectivity index (χ4v) is 4.52. The van der Waals surface area contributed by atoms with Crippen LogP contribution in [0.2, 0.25) is 0 Å². The first-order valence-electron chi connectivity index (χ1n) is 10.8. The third kappa shape index (κ3) is 5.79. The molecule has 0 aliphatic carbocycles. The van der Waals surface area contributed by atoms with Gasteiger partial charge in [-0.2, -0.15) is 0 Å². The number of para-hydroxylation sites is 1. The standard InChI is InChI=1S/C25H29N3O3S/c1-4-22-27-20(18-10-6-5-7-11-18)16-23(29)28(22)15-14-26-19-12-8-9-13-21(19)32-24(17(2)3)25(30)31/h5-13,16-17,24,26H,4,14-15H2,1-3H3,(H,30,31). The van der Waals surface area contributed by atoms with Gasteiger partial charge >= 0.3 is 5.97 Å². The first-order chi connectivity index (χ1) is 15.4. The minimum Gasteiger partial charge on any atom is -0.480 e. The number of hydrogen-bond acceptors (Lipinski definition) is 5. The van der Waals surface area contributed by atoms with Gasteiger partial charge in [-0.25, -0.2) is 4.98 Å². The number of aromatic nitrogens is 2. The van der Waals surface area contributed by atoms with E-state index in [0.29, 0.717) is 25.2 Å². The Bertz CT molecular complexity index is 1110. The Kier molecular flexibility index (Phi) is 8.11. The van der Waals surface area contributed by atoms with Crippen LogP contribution in [-0.2, 0) is 17.8 Å². The van der Waals surface area contributed by atoms with Crippen molar-refractivity contribution in [2.45, 2.75) is 43.9 Å². The molecule has 1 unspecified atom stereocenters. The van der Waals surface area contributed by atoms with Crippen LogP contribution in [-0.4, -0.2) is 32.4 Å². The highest BCUT2D eigenvalue weighted by Crippen LogP contribution is 2.33. The molecule has 0 saturated heterocycles. The number of nitrogens with zero attached hydrogens (tertiary/aromatic N) is 2. The number of benzene rings is 2. The van der Waals surface area contributed by atoms with Crippen molar-refractivity contribution in [2.75, 3.05) is 11.9 Å². The van der Waals surface area contributed by atoms with Crippen molar-refractivity contribution < 1.29 is 9.90 Å². The monoisotopic (exact) mass is 451 g/mol. The number of carboxylic acid groups (broad SMARTS) is 1. The van der Waals surface area contributed by atoms with Gasteiger partial charge in [0.05, 0.1) is 5.69 Å². The number of carboxylic acids is 1. The normalized spacial score (nSPS) is 12.0. The maximum Gasteiger partial charge on any atom is 0.317 e. The molecule has 1 heterocycles. The van der Waals surface area contributed by atoms with Gasteiger partial charge in [-0.15, -0.1) is 11.8 Å². The lowest BCUT2D eigenvalue weighted by molar-refractivity contribution is -0.137. The second kappa shape index (κ2) is 11.0. The summed E-state index contributed by atoms with van der Waals surface area (Å²) < 4.78 is 1.70. The smallest absolute Gasteiger partial charge is 0.317 e. The zero-order chi connectivity index (χ0) is 23.1. The molecule has 3 aromatic rings. The number of aliphatic carboxylic acids is 1. The van der Waals surface area contributed by atoms with E-state index >= 15 is 0 Å². The van der Waals surface area contributed by atoms with Crippen LogP contribution in [0.4, 0.5) is 5.69 Å². The number of nitrogens with one attached hydrogen (secondary N) is 1. The second-order valence-electron chi connectivity index (χ2n) is 7.81. The zero-order valence-corrected chi connectivity index (χ0v) is 19.4. The van der Waals surface area contributed by atoms with Gasteiger partial charge in [-0.3, -0.25) is 14.2 Å². The van der Waals surface area contributed by atoms with E-state index in [9.17, 15) is 14.7 Å². The summed E-state index contributed by atoms with van der Waals surface area (Å²) >= 11 is 1.35. The van der Waals surface area contributed by atoms with Crippen LogP contribution >= 0.6 is 11.8 Å². The number of hydrogen-bond donors (Lipinski definition) is 2. The Hall–Kier alpha value is -3.06. The molecule has 6 nitrogen and oxygen atoms in total. The second-order valence-corrected chi connectivity index (χ2v) is 8.99. The minimum absolute atomic E-state index is 0.00505. The molecule has 0 radical (unpaired) electrons. The molecule has 0 saturated carbocycles.